The predicted octanol–water partition coefficient (Wildman–Crippen LogP) is 3.68. The Labute approximate surface area is 189 Å². The lowest BCUT2D eigenvalue weighted by molar-refractivity contribution is -0.117. The molecule has 2 fully saturated rings. The normalized spacial score (nSPS) is 17.7. The standard InChI is InChI=1S/C24H33N5O3/c1-24(2,3)32-23(31)25-18-11-13-28(14-12-18)16-22(30)26-21-15-20(17-9-10-17)27-29(21)19-7-5-4-6-8-19/h4-8,15,17-18H,9-14,16H2,1-3H3,(H,25,31)(H,26,30). The highest BCUT2D eigenvalue weighted by molar-refractivity contribution is 5.91. The number of benzene rings is 1. The van der Waals surface area contributed by atoms with Gasteiger partial charge >= 0.3 is 6.09 Å². The largest absolute Gasteiger partial charge is 0.444 e. The van der Waals surface area contributed by atoms with Crippen molar-refractivity contribution in [3.8, 4) is 5.69 Å². The van der Waals surface area contributed by atoms with Crippen LogP contribution in [0.15, 0.2) is 36.4 Å². The molecule has 1 saturated carbocycles. The van der Waals surface area contributed by atoms with E-state index in [1.165, 1.54) is 0 Å². The van der Waals surface area contributed by atoms with E-state index in [0.717, 1.165) is 50.2 Å². The van der Waals surface area contributed by atoms with Crippen LogP contribution >= 0.6 is 0 Å². The fourth-order valence-corrected chi connectivity index (χ4v) is 3.93. The van der Waals surface area contributed by atoms with Crippen molar-refractivity contribution in [3.05, 3.63) is 42.1 Å². The summed E-state index contributed by atoms with van der Waals surface area (Å²) < 4.78 is 7.16. The summed E-state index contributed by atoms with van der Waals surface area (Å²) in [6.07, 6.45) is 3.52. The van der Waals surface area contributed by atoms with E-state index in [2.05, 4.69) is 15.5 Å². The van der Waals surface area contributed by atoms with Crippen molar-refractivity contribution in [2.45, 2.75) is 64.0 Å². The van der Waals surface area contributed by atoms with Crippen LogP contribution in [0.2, 0.25) is 0 Å². The van der Waals surface area contributed by atoms with Gasteiger partial charge in [0, 0.05) is 31.1 Å². The van der Waals surface area contributed by atoms with E-state index in [0.29, 0.717) is 18.3 Å². The number of alkyl carbamates (subject to hydrolysis) is 1. The van der Waals surface area contributed by atoms with Crippen molar-refractivity contribution < 1.29 is 14.3 Å². The summed E-state index contributed by atoms with van der Waals surface area (Å²) in [5.41, 5.74) is 1.47. The third kappa shape index (κ3) is 6.09. The Kier molecular flexibility index (Phi) is 6.50. The van der Waals surface area contributed by atoms with Crippen LogP contribution in [0.5, 0.6) is 0 Å². The molecule has 8 heteroatoms. The van der Waals surface area contributed by atoms with E-state index in [9.17, 15) is 9.59 Å². The van der Waals surface area contributed by atoms with Gasteiger partial charge in [0.1, 0.15) is 11.4 Å². The third-order valence-electron chi connectivity index (χ3n) is 5.67. The number of piperidine rings is 1. The molecule has 32 heavy (non-hydrogen) atoms. The maximum absolute atomic E-state index is 12.8. The van der Waals surface area contributed by atoms with Gasteiger partial charge in [-0.3, -0.25) is 9.69 Å². The second-order valence-corrected chi connectivity index (χ2v) is 9.72. The third-order valence-corrected chi connectivity index (χ3v) is 5.67. The van der Waals surface area contributed by atoms with Gasteiger partial charge in [-0.2, -0.15) is 5.10 Å². The number of carbonyl (C=O) groups is 2. The molecule has 172 valence electrons. The molecule has 0 spiro atoms. The van der Waals surface area contributed by atoms with E-state index in [4.69, 9.17) is 9.84 Å². The molecule has 2 aromatic rings. The van der Waals surface area contributed by atoms with Gasteiger partial charge in [-0.15, -0.1) is 0 Å². The highest BCUT2D eigenvalue weighted by Crippen LogP contribution is 2.40. The molecule has 0 atom stereocenters. The zero-order chi connectivity index (χ0) is 22.7. The van der Waals surface area contributed by atoms with Crippen LogP contribution in [0.25, 0.3) is 5.69 Å². The second-order valence-electron chi connectivity index (χ2n) is 9.72. The van der Waals surface area contributed by atoms with Crippen LogP contribution in [-0.4, -0.2) is 58.0 Å². The van der Waals surface area contributed by atoms with Gasteiger partial charge in [0.25, 0.3) is 0 Å². The van der Waals surface area contributed by atoms with Crippen LogP contribution in [-0.2, 0) is 9.53 Å². The fourth-order valence-electron chi connectivity index (χ4n) is 3.93. The number of anilines is 1. The van der Waals surface area contributed by atoms with Crippen molar-refractivity contribution in [1.29, 1.82) is 0 Å². The van der Waals surface area contributed by atoms with Crippen LogP contribution in [0.3, 0.4) is 0 Å². The first-order valence-electron chi connectivity index (χ1n) is 11.4. The minimum Gasteiger partial charge on any atom is -0.444 e. The average molecular weight is 440 g/mol. The number of nitrogens with zero attached hydrogens (tertiary/aromatic N) is 3. The molecule has 8 nitrogen and oxygen atoms in total. The molecular formula is C24H33N5O3. The van der Waals surface area contributed by atoms with Gasteiger partial charge in [-0.25, -0.2) is 9.48 Å². The highest BCUT2D eigenvalue weighted by atomic mass is 16.6. The minimum atomic E-state index is -0.505. The molecule has 2 heterocycles. The molecule has 1 aliphatic carbocycles. The molecule has 4 rings (SSSR count). The first kappa shape index (κ1) is 22.3. The van der Waals surface area contributed by atoms with E-state index in [-0.39, 0.29) is 18.0 Å². The van der Waals surface area contributed by atoms with E-state index in [1.807, 2.05) is 61.9 Å². The number of hydrogen-bond donors (Lipinski definition) is 2. The number of amides is 2. The summed E-state index contributed by atoms with van der Waals surface area (Å²) in [5.74, 6) is 1.17. The molecular weight excluding hydrogens is 406 g/mol. The van der Waals surface area contributed by atoms with Crippen molar-refractivity contribution in [2.75, 3.05) is 25.0 Å². The number of ether oxygens (including phenoxy) is 1. The summed E-state index contributed by atoms with van der Waals surface area (Å²) >= 11 is 0. The Bertz CT molecular complexity index is 938. The van der Waals surface area contributed by atoms with Gasteiger partial charge in [0.15, 0.2) is 0 Å². The lowest BCUT2D eigenvalue weighted by Gasteiger charge is -2.32. The summed E-state index contributed by atoms with van der Waals surface area (Å²) in [4.78, 5) is 26.9. The van der Waals surface area contributed by atoms with Crippen molar-refractivity contribution in [3.63, 3.8) is 0 Å². The Hall–Kier alpha value is -2.87. The number of likely N-dealkylation sites (tertiary alicyclic amines) is 1. The van der Waals surface area contributed by atoms with Crippen LogP contribution < -0.4 is 10.6 Å². The van der Waals surface area contributed by atoms with Gasteiger partial charge < -0.3 is 15.4 Å². The highest BCUT2D eigenvalue weighted by Gasteiger charge is 2.28. The predicted molar refractivity (Wildman–Crippen MR) is 123 cm³/mol. The maximum Gasteiger partial charge on any atom is 0.407 e. The van der Waals surface area contributed by atoms with Gasteiger partial charge in [-0.1, -0.05) is 18.2 Å². The summed E-state index contributed by atoms with van der Waals surface area (Å²) in [6, 6.07) is 12.0. The van der Waals surface area contributed by atoms with E-state index < -0.39 is 5.60 Å². The van der Waals surface area contributed by atoms with Crippen LogP contribution in [0.1, 0.15) is 58.1 Å². The Morgan fingerprint density at radius 2 is 1.78 bits per heavy atom. The lowest BCUT2D eigenvalue weighted by Crippen LogP contribution is -2.47. The summed E-state index contributed by atoms with van der Waals surface area (Å²) in [5, 5.41) is 10.7. The zero-order valence-corrected chi connectivity index (χ0v) is 19.1. The minimum absolute atomic E-state index is 0.0528. The first-order chi connectivity index (χ1) is 15.3. The maximum atomic E-state index is 12.8. The molecule has 1 aromatic carbocycles. The average Bonchev–Trinajstić information content (AvgIpc) is 3.49. The molecule has 0 radical (unpaired) electrons. The number of rotatable bonds is 6. The molecule has 0 unspecified atom stereocenters. The summed E-state index contributed by atoms with van der Waals surface area (Å²) in [6.45, 7) is 7.37. The van der Waals surface area contributed by atoms with Crippen molar-refractivity contribution >= 4 is 17.8 Å². The number of nitrogens with one attached hydrogen (secondary N) is 2. The molecule has 0 bridgehead atoms. The molecule has 2 aliphatic rings. The number of carbonyl (C=O) groups excluding carboxylic acids is 2. The summed E-state index contributed by atoms with van der Waals surface area (Å²) in [7, 11) is 0. The SMILES string of the molecule is CC(C)(C)OC(=O)NC1CCN(CC(=O)Nc2cc(C3CC3)nn2-c2ccccc2)CC1. The second kappa shape index (κ2) is 9.32. The van der Waals surface area contributed by atoms with Gasteiger partial charge in [0.05, 0.1) is 17.9 Å². The van der Waals surface area contributed by atoms with Gasteiger partial charge in [0.2, 0.25) is 5.91 Å². The molecule has 2 N–H and O–H groups in total. The smallest absolute Gasteiger partial charge is 0.407 e. The molecule has 2 amide bonds. The van der Waals surface area contributed by atoms with Crippen LogP contribution in [0, 0.1) is 0 Å². The Balaban J connectivity index is 1.30. The molecule has 1 aromatic heterocycles. The first-order valence-corrected chi connectivity index (χ1v) is 11.4. The van der Waals surface area contributed by atoms with Crippen LogP contribution in [0.4, 0.5) is 10.6 Å². The Morgan fingerprint density at radius 1 is 1.09 bits per heavy atom. The number of para-hydroxylation sites is 1. The van der Waals surface area contributed by atoms with Gasteiger partial charge in [-0.05, 0) is 58.6 Å². The molecule has 1 saturated heterocycles. The molecule has 1 aliphatic heterocycles. The fraction of sp³-hybridized carbons (Fsp3) is 0.542. The van der Waals surface area contributed by atoms with Crippen molar-refractivity contribution in [1.82, 2.24) is 20.0 Å². The topological polar surface area (TPSA) is 88.5 Å². The lowest BCUT2D eigenvalue weighted by atomic mass is 10.1. The van der Waals surface area contributed by atoms with E-state index in [1.54, 1.807) is 0 Å². The number of aromatic nitrogens is 2. The monoisotopic (exact) mass is 439 g/mol. The van der Waals surface area contributed by atoms with Crippen molar-refractivity contribution in [2.24, 2.45) is 0 Å². The zero-order valence-electron chi connectivity index (χ0n) is 19.1. The Morgan fingerprint density at radius 3 is 2.41 bits per heavy atom. The number of hydrogen-bond acceptors (Lipinski definition) is 5. The quantitative estimate of drug-likeness (QED) is 0.717. The van der Waals surface area contributed by atoms with E-state index >= 15 is 0 Å².